The number of hydrogen-bond donors (Lipinski definition) is 1. The van der Waals surface area contributed by atoms with Gasteiger partial charge in [-0.3, -0.25) is 0 Å². The van der Waals surface area contributed by atoms with Gasteiger partial charge in [-0.2, -0.15) is 0 Å². The smallest absolute Gasteiger partial charge is 0.209 e. The summed E-state index contributed by atoms with van der Waals surface area (Å²) in [4.78, 5) is 0. The maximum absolute atomic E-state index is 10.6. The van der Waals surface area contributed by atoms with Crippen molar-refractivity contribution in [3.8, 4) is 0 Å². The van der Waals surface area contributed by atoms with Crippen LogP contribution in [0.3, 0.4) is 0 Å². The lowest BCUT2D eigenvalue weighted by atomic mass is 10.1. The van der Waals surface area contributed by atoms with E-state index in [2.05, 4.69) is 0 Å². The zero-order valence-electron chi connectivity index (χ0n) is 8.85. The maximum Gasteiger partial charge on any atom is 0.209 e. The molecule has 0 saturated carbocycles. The van der Waals surface area contributed by atoms with Crippen molar-refractivity contribution in [1.82, 2.24) is 0 Å². The molecule has 1 atom stereocenters. The summed E-state index contributed by atoms with van der Waals surface area (Å²) in [6.45, 7) is 2.94. The second-order valence-electron chi connectivity index (χ2n) is 3.88. The van der Waals surface area contributed by atoms with Gasteiger partial charge in [0.1, 0.15) is 0 Å². The monoisotopic (exact) mass is 237 g/mol. The van der Waals surface area contributed by atoms with Crippen LogP contribution in [-0.2, 0) is 19.5 Å². The molecule has 1 heterocycles. The standard InChI is InChI=1S/C9H19NO4S/c10-15(11,12)6-2-1-4-13-7-9-3-5-14-8-9/h9H,1-8H2,(H2,10,11,12). The van der Waals surface area contributed by atoms with Gasteiger partial charge in [-0.15, -0.1) is 0 Å². The number of ether oxygens (including phenoxy) is 2. The van der Waals surface area contributed by atoms with Crippen LogP contribution in [0.2, 0.25) is 0 Å². The molecule has 0 aromatic carbocycles. The van der Waals surface area contributed by atoms with Crippen molar-refractivity contribution in [3.63, 3.8) is 0 Å². The van der Waals surface area contributed by atoms with Crippen LogP contribution in [0.25, 0.3) is 0 Å². The Bertz CT molecular complexity index is 259. The molecule has 1 saturated heterocycles. The summed E-state index contributed by atoms with van der Waals surface area (Å²) in [6.07, 6.45) is 2.38. The molecule has 1 aliphatic rings. The maximum atomic E-state index is 10.6. The van der Waals surface area contributed by atoms with E-state index in [1.54, 1.807) is 0 Å². The van der Waals surface area contributed by atoms with E-state index in [9.17, 15) is 8.42 Å². The minimum absolute atomic E-state index is 0.0445. The van der Waals surface area contributed by atoms with Crippen LogP contribution in [0.15, 0.2) is 0 Å². The van der Waals surface area contributed by atoms with Gasteiger partial charge in [-0.1, -0.05) is 0 Å². The lowest BCUT2D eigenvalue weighted by Gasteiger charge is -2.08. The van der Waals surface area contributed by atoms with Crippen molar-refractivity contribution in [1.29, 1.82) is 0 Å². The summed E-state index contributed by atoms with van der Waals surface area (Å²) in [5.74, 6) is 0.561. The molecule has 2 N–H and O–H groups in total. The minimum Gasteiger partial charge on any atom is -0.381 e. The van der Waals surface area contributed by atoms with Gasteiger partial charge in [-0.25, -0.2) is 13.6 Å². The van der Waals surface area contributed by atoms with Crippen molar-refractivity contribution < 1.29 is 17.9 Å². The normalized spacial score (nSPS) is 22.1. The van der Waals surface area contributed by atoms with E-state index in [4.69, 9.17) is 14.6 Å². The predicted molar refractivity (Wildman–Crippen MR) is 57.0 cm³/mol. The van der Waals surface area contributed by atoms with Crippen LogP contribution in [-0.4, -0.2) is 40.6 Å². The van der Waals surface area contributed by atoms with Crippen LogP contribution in [0.1, 0.15) is 19.3 Å². The van der Waals surface area contributed by atoms with E-state index in [1.165, 1.54) is 0 Å². The molecule has 0 aromatic heterocycles. The second kappa shape index (κ2) is 6.42. The van der Waals surface area contributed by atoms with E-state index >= 15 is 0 Å². The Labute approximate surface area is 91.0 Å². The molecule has 0 spiro atoms. The van der Waals surface area contributed by atoms with Gasteiger partial charge in [0.15, 0.2) is 0 Å². The Kier molecular flexibility index (Phi) is 5.52. The van der Waals surface area contributed by atoms with Crippen molar-refractivity contribution in [3.05, 3.63) is 0 Å². The largest absolute Gasteiger partial charge is 0.381 e. The number of nitrogens with two attached hydrogens (primary N) is 1. The summed E-state index contributed by atoms with van der Waals surface area (Å²) in [5.41, 5.74) is 0. The highest BCUT2D eigenvalue weighted by Gasteiger charge is 2.15. The average Bonchev–Trinajstić information content (AvgIpc) is 2.61. The predicted octanol–water partition coefficient (Wildman–Crippen LogP) is 0.108. The highest BCUT2D eigenvalue weighted by Crippen LogP contribution is 2.12. The van der Waals surface area contributed by atoms with Crippen LogP contribution in [0.5, 0.6) is 0 Å². The van der Waals surface area contributed by atoms with Gasteiger partial charge in [0, 0.05) is 19.1 Å². The molecule has 0 radical (unpaired) electrons. The first-order valence-corrected chi connectivity index (χ1v) is 6.95. The first-order valence-electron chi connectivity index (χ1n) is 5.24. The lowest BCUT2D eigenvalue weighted by molar-refractivity contribution is 0.0881. The van der Waals surface area contributed by atoms with Crippen molar-refractivity contribution in [2.45, 2.75) is 19.3 Å². The van der Waals surface area contributed by atoms with E-state index in [1.807, 2.05) is 0 Å². The Morgan fingerprint density at radius 3 is 2.80 bits per heavy atom. The molecule has 0 aromatic rings. The van der Waals surface area contributed by atoms with Gasteiger partial charge in [0.05, 0.1) is 19.0 Å². The van der Waals surface area contributed by atoms with Crippen molar-refractivity contribution >= 4 is 10.0 Å². The van der Waals surface area contributed by atoms with E-state index in [0.29, 0.717) is 18.9 Å². The molecule has 1 aliphatic heterocycles. The highest BCUT2D eigenvalue weighted by molar-refractivity contribution is 7.89. The van der Waals surface area contributed by atoms with E-state index in [-0.39, 0.29) is 5.75 Å². The number of unbranched alkanes of at least 4 members (excludes halogenated alkanes) is 1. The summed E-state index contributed by atoms with van der Waals surface area (Å²) >= 11 is 0. The summed E-state index contributed by atoms with van der Waals surface area (Å²) in [5, 5.41) is 4.86. The topological polar surface area (TPSA) is 78.6 Å². The Morgan fingerprint density at radius 1 is 1.40 bits per heavy atom. The zero-order chi connectivity index (χ0) is 11.1. The molecule has 90 valence electrons. The molecular weight excluding hydrogens is 218 g/mol. The summed E-state index contributed by atoms with van der Waals surface area (Å²) in [7, 11) is -3.30. The molecule has 5 nitrogen and oxygen atoms in total. The highest BCUT2D eigenvalue weighted by atomic mass is 32.2. The molecule has 1 rings (SSSR count). The zero-order valence-corrected chi connectivity index (χ0v) is 9.67. The fraction of sp³-hybridized carbons (Fsp3) is 1.00. The summed E-state index contributed by atoms with van der Waals surface area (Å²) < 4.78 is 31.8. The molecule has 6 heteroatoms. The van der Waals surface area contributed by atoms with Crippen LogP contribution in [0.4, 0.5) is 0 Å². The van der Waals surface area contributed by atoms with Crippen molar-refractivity contribution in [2.75, 3.05) is 32.2 Å². The minimum atomic E-state index is -3.30. The van der Waals surface area contributed by atoms with Crippen LogP contribution >= 0.6 is 0 Å². The quantitative estimate of drug-likeness (QED) is 0.637. The molecular formula is C9H19NO4S. The number of rotatable bonds is 7. The SMILES string of the molecule is NS(=O)(=O)CCCCOCC1CCOC1. The van der Waals surface area contributed by atoms with E-state index < -0.39 is 10.0 Å². The van der Waals surface area contributed by atoms with Gasteiger partial charge in [0.25, 0.3) is 0 Å². The fourth-order valence-corrected chi connectivity index (χ4v) is 2.08. The first-order chi connectivity index (χ1) is 7.08. The van der Waals surface area contributed by atoms with Gasteiger partial charge >= 0.3 is 0 Å². The third kappa shape index (κ3) is 6.83. The molecule has 1 unspecified atom stereocenters. The molecule has 0 aliphatic carbocycles. The van der Waals surface area contributed by atoms with Crippen LogP contribution < -0.4 is 5.14 Å². The lowest BCUT2D eigenvalue weighted by Crippen LogP contribution is -2.17. The van der Waals surface area contributed by atoms with E-state index in [0.717, 1.165) is 32.7 Å². The van der Waals surface area contributed by atoms with Gasteiger partial charge < -0.3 is 9.47 Å². The average molecular weight is 237 g/mol. The van der Waals surface area contributed by atoms with Gasteiger partial charge in [0.2, 0.25) is 10.0 Å². The molecule has 15 heavy (non-hydrogen) atoms. The molecule has 0 amide bonds. The van der Waals surface area contributed by atoms with Crippen LogP contribution in [0, 0.1) is 5.92 Å². The summed E-state index contributed by atoms with van der Waals surface area (Å²) in [6, 6.07) is 0. The van der Waals surface area contributed by atoms with Crippen molar-refractivity contribution in [2.24, 2.45) is 11.1 Å². The van der Waals surface area contributed by atoms with Gasteiger partial charge in [-0.05, 0) is 19.3 Å². The molecule has 1 fully saturated rings. The second-order valence-corrected chi connectivity index (χ2v) is 5.61. The number of sulfonamides is 1. The Balaban J connectivity index is 1.89. The number of hydrogen-bond acceptors (Lipinski definition) is 4. The Morgan fingerprint density at radius 2 is 2.20 bits per heavy atom. The third-order valence-corrected chi connectivity index (χ3v) is 3.20. The third-order valence-electron chi connectivity index (χ3n) is 2.35. The number of primary sulfonamides is 1. The first kappa shape index (κ1) is 12.9. The molecule has 0 bridgehead atoms. The fourth-order valence-electron chi connectivity index (χ4n) is 1.47. The Hall–Kier alpha value is -0.170.